The van der Waals surface area contributed by atoms with Gasteiger partial charge in [-0.1, -0.05) is 51.1 Å². The number of nitrogens with zero attached hydrogens (tertiary/aromatic N) is 2. The van der Waals surface area contributed by atoms with E-state index in [1.165, 1.54) is 5.56 Å². The van der Waals surface area contributed by atoms with E-state index >= 15 is 0 Å². The molecule has 0 saturated carbocycles. The first-order valence-corrected chi connectivity index (χ1v) is 9.02. The largest absolute Gasteiger partial charge is 0.311 e. The number of carbonyl (C=O) groups is 1. The van der Waals surface area contributed by atoms with Crippen molar-refractivity contribution in [2.75, 3.05) is 5.32 Å². The van der Waals surface area contributed by atoms with E-state index in [0.717, 1.165) is 24.4 Å². The Kier molecular flexibility index (Phi) is 5.71. The Morgan fingerprint density at radius 3 is 2.28 bits per heavy atom. The molecule has 0 aliphatic rings. The highest BCUT2D eigenvalue weighted by atomic mass is 16.1. The summed E-state index contributed by atoms with van der Waals surface area (Å²) in [6.07, 6.45) is 2.26. The Hall–Kier alpha value is -2.10. The summed E-state index contributed by atoms with van der Waals surface area (Å²) in [6.45, 7) is 12.7. The highest BCUT2D eigenvalue weighted by molar-refractivity contribution is 5.90. The van der Waals surface area contributed by atoms with Crippen LogP contribution in [0.5, 0.6) is 0 Å². The maximum absolute atomic E-state index is 12.4. The van der Waals surface area contributed by atoms with Crippen LogP contribution in [0.1, 0.15) is 65.6 Å². The maximum atomic E-state index is 12.4. The molecule has 0 radical (unpaired) electrons. The van der Waals surface area contributed by atoms with Gasteiger partial charge in [-0.3, -0.25) is 4.79 Å². The fourth-order valence-electron chi connectivity index (χ4n) is 2.65. The molecule has 0 spiro atoms. The molecule has 2 aromatic rings. The number of anilines is 1. The van der Waals surface area contributed by atoms with Crippen molar-refractivity contribution >= 4 is 11.7 Å². The molecule has 25 heavy (non-hydrogen) atoms. The lowest BCUT2D eigenvalue weighted by atomic mass is 9.92. The van der Waals surface area contributed by atoms with Gasteiger partial charge in [-0.25, -0.2) is 4.68 Å². The molecular formula is C21H31N3O. The zero-order valence-corrected chi connectivity index (χ0v) is 16.4. The van der Waals surface area contributed by atoms with E-state index in [4.69, 9.17) is 5.10 Å². The second-order valence-corrected chi connectivity index (χ2v) is 8.63. The van der Waals surface area contributed by atoms with Gasteiger partial charge in [0.05, 0.1) is 11.2 Å². The number of rotatable bonds is 5. The fraction of sp³-hybridized carbons (Fsp3) is 0.524. The van der Waals surface area contributed by atoms with Gasteiger partial charge in [0.25, 0.3) is 0 Å². The van der Waals surface area contributed by atoms with Crippen LogP contribution in [0, 0.1) is 0 Å². The van der Waals surface area contributed by atoms with Crippen LogP contribution >= 0.6 is 0 Å². The summed E-state index contributed by atoms with van der Waals surface area (Å²) in [7, 11) is 0. The van der Waals surface area contributed by atoms with Crippen LogP contribution in [0.2, 0.25) is 0 Å². The van der Waals surface area contributed by atoms with Crippen molar-refractivity contribution in [2.24, 2.45) is 0 Å². The molecule has 0 unspecified atom stereocenters. The van der Waals surface area contributed by atoms with E-state index in [2.05, 4.69) is 59.0 Å². The molecule has 0 saturated heterocycles. The number of benzene rings is 1. The van der Waals surface area contributed by atoms with Crippen LogP contribution in [-0.2, 0) is 22.2 Å². The van der Waals surface area contributed by atoms with Gasteiger partial charge in [0, 0.05) is 17.9 Å². The predicted molar refractivity (Wildman–Crippen MR) is 104 cm³/mol. The first-order chi connectivity index (χ1) is 11.6. The normalized spacial score (nSPS) is 12.2. The van der Waals surface area contributed by atoms with Gasteiger partial charge in [-0.05, 0) is 39.2 Å². The minimum absolute atomic E-state index is 0.0433. The monoisotopic (exact) mass is 341 g/mol. The summed E-state index contributed by atoms with van der Waals surface area (Å²) in [5.74, 6) is 0.823. The number of aromatic nitrogens is 2. The fourth-order valence-corrected chi connectivity index (χ4v) is 2.65. The number of carbonyl (C=O) groups excluding carboxylic acids is 1. The molecule has 4 nitrogen and oxygen atoms in total. The molecule has 1 aromatic heterocycles. The average molecular weight is 341 g/mol. The standard InChI is InChI=1S/C21H31N3O/c1-20(2,3)17-15-18(24(23-17)21(4,5)6)22-19(25)14-10-13-16-11-8-7-9-12-16/h7-9,11-12,15H,10,13-14H2,1-6H3,(H,22,25). The molecule has 1 aromatic carbocycles. The van der Waals surface area contributed by atoms with Crippen LogP contribution in [0.15, 0.2) is 36.4 Å². The van der Waals surface area contributed by atoms with Crippen molar-refractivity contribution in [3.05, 3.63) is 47.7 Å². The number of hydrogen-bond donors (Lipinski definition) is 1. The Balaban J connectivity index is 2.03. The Bertz CT molecular complexity index is 703. The van der Waals surface area contributed by atoms with E-state index in [1.807, 2.05) is 28.9 Å². The van der Waals surface area contributed by atoms with Crippen molar-refractivity contribution in [1.29, 1.82) is 0 Å². The smallest absolute Gasteiger partial charge is 0.225 e. The summed E-state index contributed by atoms with van der Waals surface area (Å²) in [4.78, 5) is 12.4. The Morgan fingerprint density at radius 1 is 1.08 bits per heavy atom. The first-order valence-electron chi connectivity index (χ1n) is 9.02. The van der Waals surface area contributed by atoms with Gasteiger partial charge in [-0.15, -0.1) is 0 Å². The summed E-state index contributed by atoms with van der Waals surface area (Å²) >= 11 is 0. The van der Waals surface area contributed by atoms with Crippen molar-refractivity contribution in [3.8, 4) is 0 Å². The molecule has 0 aliphatic heterocycles. The summed E-state index contributed by atoms with van der Waals surface area (Å²) in [6, 6.07) is 12.3. The van der Waals surface area contributed by atoms with Gasteiger partial charge in [0.2, 0.25) is 5.91 Å². The van der Waals surface area contributed by atoms with E-state index < -0.39 is 0 Å². The molecular weight excluding hydrogens is 310 g/mol. The molecule has 0 fully saturated rings. The van der Waals surface area contributed by atoms with Gasteiger partial charge in [0.15, 0.2) is 0 Å². The molecule has 0 atom stereocenters. The van der Waals surface area contributed by atoms with Gasteiger partial charge in [-0.2, -0.15) is 5.10 Å². The van der Waals surface area contributed by atoms with Crippen LogP contribution < -0.4 is 5.32 Å². The van der Waals surface area contributed by atoms with Gasteiger partial charge < -0.3 is 5.32 Å². The SMILES string of the molecule is CC(C)(C)c1cc(NC(=O)CCCc2ccccc2)n(C(C)(C)C)n1. The van der Waals surface area contributed by atoms with Crippen molar-refractivity contribution < 1.29 is 4.79 Å². The number of aryl methyl sites for hydroxylation is 1. The quantitative estimate of drug-likeness (QED) is 0.841. The molecule has 0 bridgehead atoms. The summed E-state index contributed by atoms with van der Waals surface area (Å²) < 4.78 is 1.92. The third-order valence-electron chi connectivity index (χ3n) is 4.09. The minimum atomic E-state index is -0.184. The third-order valence-corrected chi connectivity index (χ3v) is 4.09. The van der Waals surface area contributed by atoms with Crippen LogP contribution in [-0.4, -0.2) is 15.7 Å². The molecule has 1 N–H and O–H groups in total. The molecule has 2 rings (SSSR count). The zero-order valence-electron chi connectivity index (χ0n) is 16.4. The second kappa shape index (κ2) is 7.42. The predicted octanol–water partition coefficient (Wildman–Crippen LogP) is 4.90. The van der Waals surface area contributed by atoms with Gasteiger partial charge >= 0.3 is 0 Å². The lowest BCUT2D eigenvalue weighted by Gasteiger charge is -2.23. The minimum Gasteiger partial charge on any atom is -0.311 e. The van der Waals surface area contributed by atoms with E-state index in [9.17, 15) is 4.79 Å². The zero-order chi connectivity index (χ0) is 18.7. The third kappa shape index (κ3) is 5.45. The highest BCUT2D eigenvalue weighted by Crippen LogP contribution is 2.28. The highest BCUT2D eigenvalue weighted by Gasteiger charge is 2.25. The van der Waals surface area contributed by atoms with Crippen LogP contribution in [0.3, 0.4) is 0 Å². The van der Waals surface area contributed by atoms with Crippen molar-refractivity contribution in [3.63, 3.8) is 0 Å². The lowest BCUT2D eigenvalue weighted by Crippen LogP contribution is -2.27. The van der Waals surface area contributed by atoms with E-state index in [0.29, 0.717) is 6.42 Å². The molecule has 1 amide bonds. The van der Waals surface area contributed by atoms with E-state index in [1.54, 1.807) is 0 Å². The van der Waals surface area contributed by atoms with E-state index in [-0.39, 0.29) is 16.9 Å². The molecule has 4 heteroatoms. The Labute approximate surface area is 151 Å². The summed E-state index contributed by atoms with van der Waals surface area (Å²) in [5, 5.41) is 7.79. The molecule has 0 aliphatic carbocycles. The maximum Gasteiger partial charge on any atom is 0.225 e. The summed E-state index contributed by atoms with van der Waals surface area (Å²) in [5.41, 5.74) is 2.02. The topological polar surface area (TPSA) is 46.9 Å². The van der Waals surface area contributed by atoms with Crippen molar-refractivity contribution in [2.45, 2.75) is 71.8 Å². The first kappa shape index (κ1) is 19.2. The van der Waals surface area contributed by atoms with Gasteiger partial charge in [0.1, 0.15) is 5.82 Å². The Morgan fingerprint density at radius 2 is 1.72 bits per heavy atom. The second-order valence-electron chi connectivity index (χ2n) is 8.63. The van der Waals surface area contributed by atoms with Crippen molar-refractivity contribution in [1.82, 2.24) is 9.78 Å². The molecule has 1 heterocycles. The number of amides is 1. The molecule has 136 valence electrons. The number of hydrogen-bond acceptors (Lipinski definition) is 2. The average Bonchev–Trinajstić information content (AvgIpc) is 2.92. The number of nitrogens with one attached hydrogen (secondary N) is 1. The lowest BCUT2D eigenvalue weighted by molar-refractivity contribution is -0.116. The van der Waals surface area contributed by atoms with Crippen LogP contribution in [0.25, 0.3) is 0 Å². The van der Waals surface area contributed by atoms with Crippen LogP contribution in [0.4, 0.5) is 5.82 Å².